The maximum atomic E-state index is 12.1. The van der Waals surface area contributed by atoms with Crippen LogP contribution in [0.4, 0.5) is 0 Å². The van der Waals surface area contributed by atoms with Crippen LogP contribution in [-0.4, -0.2) is 41.6 Å². The molecule has 0 saturated carbocycles. The minimum atomic E-state index is -0.295. The van der Waals surface area contributed by atoms with Gasteiger partial charge in [0, 0.05) is 13.0 Å². The molecule has 1 aromatic rings. The van der Waals surface area contributed by atoms with E-state index in [0.717, 1.165) is 12.8 Å². The Bertz CT molecular complexity index is 464. The molecule has 108 valence electrons. The molecule has 1 amide bonds. The van der Waals surface area contributed by atoms with E-state index in [-0.39, 0.29) is 12.0 Å². The fourth-order valence-electron chi connectivity index (χ4n) is 2.29. The number of morpholine rings is 1. The van der Waals surface area contributed by atoms with Crippen LogP contribution in [0, 0.1) is 0 Å². The van der Waals surface area contributed by atoms with Crippen molar-refractivity contribution in [2.75, 3.05) is 19.7 Å². The van der Waals surface area contributed by atoms with Gasteiger partial charge in [-0.2, -0.15) is 0 Å². The molecule has 0 aromatic heterocycles. The van der Waals surface area contributed by atoms with E-state index < -0.39 is 0 Å². The predicted molar refractivity (Wildman–Crippen MR) is 82.5 cm³/mol. The summed E-state index contributed by atoms with van der Waals surface area (Å²) >= 11 is 4.92. The van der Waals surface area contributed by atoms with E-state index in [2.05, 4.69) is 12.1 Å². The highest BCUT2D eigenvalue weighted by Gasteiger charge is 2.25. The predicted octanol–water partition coefficient (Wildman–Crippen LogP) is 1.52. The number of aryl methyl sites for hydroxylation is 1. The van der Waals surface area contributed by atoms with Gasteiger partial charge in [0.25, 0.3) is 0 Å². The lowest BCUT2D eigenvalue weighted by atomic mass is 10.1. The molecule has 0 bridgehead atoms. The van der Waals surface area contributed by atoms with Crippen LogP contribution in [0.25, 0.3) is 0 Å². The average molecular weight is 292 g/mol. The largest absolute Gasteiger partial charge is 0.391 e. The lowest BCUT2D eigenvalue weighted by Crippen LogP contribution is -2.49. The Labute approximate surface area is 124 Å². The number of amides is 1. The Kier molecular flexibility index (Phi) is 5.49. The van der Waals surface area contributed by atoms with E-state index >= 15 is 0 Å². The molecular weight excluding hydrogens is 272 g/mol. The van der Waals surface area contributed by atoms with Crippen molar-refractivity contribution >= 4 is 23.1 Å². The van der Waals surface area contributed by atoms with Gasteiger partial charge in [0.2, 0.25) is 5.91 Å². The number of ether oxygens (including phenoxy) is 1. The molecule has 1 saturated heterocycles. The lowest BCUT2D eigenvalue weighted by molar-refractivity contribution is -0.136. The highest BCUT2D eigenvalue weighted by atomic mass is 32.1. The molecule has 1 atom stereocenters. The number of nitrogens with zero attached hydrogens (tertiary/aromatic N) is 1. The summed E-state index contributed by atoms with van der Waals surface area (Å²) in [7, 11) is 0. The summed E-state index contributed by atoms with van der Waals surface area (Å²) in [5.41, 5.74) is 6.84. The summed E-state index contributed by atoms with van der Waals surface area (Å²) in [4.78, 5) is 14.3. The van der Waals surface area contributed by atoms with Gasteiger partial charge >= 0.3 is 0 Å². The Morgan fingerprint density at radius 1 is 1.40 bits per heavy atom. The zero-order valence-corrected chi connectivity index (χ0v) is 12.3. The van der Waals surface area contributed by atoms with Gasteiger partial charge in [-0.25, -0.2) is 0 Å². The maximum Gasteiger partial charge on any atom is 0.222 e. The van der Waals surface area contributed by atoms with Crippen molar-refractivity contribution in [1.82, 2.24) is 4.90 Å². The zero-order chi connectivity index (χ0) is 14.4. The minimum Gasteiger partial charge on any atom is -0.391 e. The first-order valence-corrected chi connectivity index (χ1v) is 7.30. The van der Waals surface area contributed by atoms with Crippen LogP contribution in [0.2, 0.25) is 0 Å². The van der Waals surface area contributed by atoms with E-state index in [1.54, 1.807) is 4.90 Å². The van der Waals surface area contributed by atoms with Gasteiger partial charge < -0.3 is 15.4 Å². The molecule has 1 fully saturated rings. The second-order valence-electron chi connectivity index (χ2n) is 4.94. The van der Waals surface area contributed by atoms with E-state index in [1.165, 1.54) is 5.56 Å². The van der Waals surface area contributed by atoms with Crippen molar-refractivity contribution in [3.63, 3.8) is 0 Å². The molecular formula is C15H20N2O2S. The summed E-state index contributed by atoms with van der Waals surface area (Å²) in [6.07, 6.45) is 2.05. The first-order chi connectivity index (χ1) is 9.66. The van der Waals surface area contributed by atoms with Crippen molar-refractivity contribution < 1.29 is 9.53 Å². The molecule has 20 heavy (non-hydrogen) atoms. The third-order valence-electron chi connectivity index (χ3n) is 3.44. The standard InChI is InChI=1S/C15H20N2O2S/c16-15(20)13-11-17(9-10-19-13)14(18)8-4-7-12-5-2-1-3-6-12/h1-3,5-6,13H,4,7-11H2,(H2,16,20). The fourth-order valence-corrected chi connectivity index (χ4v) is 2.44. The second-order valence-corrected chi connectivity index (χ2v) is 5.41. The smallest absolute Gasteiger partial charge is 0.222 e. The van der Waals surface area contributed by atoms with Crippen LogP contribution >= 0.6 is 12.2 Å². The summed E-state index contributed by atoms with van der Waals surface area (Å²) in [6.45, 7) is 1.62. The number of thiocarbonyl (C=S) groups is 1. The van der Waals surface area contributed by atoms with E-state index in [0.29, 0.717) is 31.1 Å². The average Bonchev–Trinajstić information content (AvgIpc) is 2.48. The number of rotatable bonds is 5. The molecule has 1 heterocycles. The van der Waals surface area contributed by atoms with Crippen LogP contribution in [0.1, 0.15) is 18.4 Å². The Morgan fingerprint density at radius 3 is 2.85 bits per heavy atom. The third kappa shape index (κ3) is 4.28. The van der Waals surface area contributed by atoms with Gasteiger partial charge in [-0.05, 0) is 18.4 Å². The van der Waals surface area contributed by atoms with Gasteiger partial charge in [0.05, 0.1) is 13.2 Å². The molecule has 0 aliphatic carbocycles. The zero-order valence-electron chi connectivity index (χ0n) is 11.5. The Hall–Kier alpha value is -1.46. The molecule has 1 aliphatic rings. The number of benzene rings is 1. The monoisotopic (exact) mass is 292 g/mol. The van der Waals surface area contributed by atoms with Gasteiger partial charge in [-0.3, -0.25) is 4.79 Å². The van der Waals surface area contributed by atoms with Crippen LogP contribution in [0.3, 0.4) is 0 Å². The molecule has 4 nitrogen and oxygen atoms in total. The first-order valence-electron chi connectivity index (χ1n) is 6.89. The molecule has 2 N–H and O–H groups in total. The molecule has 0 spiro atoms. The van der Waals surface area contributed by atoms with E-state index in [4.69, 9.17) is 22.7 Å². The Balaban J connectivity index is 1.75. The van der Waals surface area contributed by atoms with Crippen LogP contribution in [-0.2, 0) is 16.0 Å². The van der Waals surface area contributed by atoms with Crippen molar-refractivity contribution in [2.24, 2.45) is 5.73 Å². The molecule has 2 rings (SSSR count). The van der Waals surface area contributed by atoms with Gasteiger partial charge in [0.1, 0.15) is 11.1 Å². The summed E-state index contributed by atoms with van der Waals surface area (Å²) in [6, 6.07) is 10.2. The fraction of sp³-hybridized carbons (Fsp3) is 0.467. The molecule has 1 aromatic carbocycles. The highest BCUT2D eigenvalue weighted by Crippen LogP contribution is 2.10. The minimum absolute atomic E-state index is 0.158. The van der Waals surface area contributed by atoms with E-state index in [1.807, 2.05) is 18.2 Å². The SMILES string of the molecule is NC(=S)C1CN(C(=O)CCCc2ccccc2)CCO1. The number of hydrogen-bond acceptors (Lipinski definition) is 3. The van der Waals surface area contributed by atoms with Gasteiger partial charge in [0.15, 0.2) is 0 Å². The van der Waals surface area contributed by atoms with Gasteiger partial charge in [-0.15, -0.1) is 0 Å². The molecule has 5 heteroatoms. The van der Waals surface area contributed by atoms with E-state index in [9.17, 15) is 4.79 Å². The molecule has 0 radical (unpaired) electrons. The normalized spacial score (nSPS) is 18.8. The van der Waals surface area contributed by atoms with Gasteiger partial charge in [-0.1, -0.05) is 42.5 Å². The number of carbonyl (C=O) groups excluding carboxylic acids is 1. The van der Waals surface area contributed by atoms with Crippen molar-refractivity contribution in [1.29, 1.82) is 0 Å². The molecule has 1 aliphatic heterocycles. The topological polar surface area (TPSA) is 55.6 Å². The maximum absolute atomic E-state index is 12.1. The quantitative estimate of drug-likeness (QED) is 0.836. The number of carbonyl (C=O) groups is 1. The van der Waals surface area contributed by atoms with Crippen molar-refractivity contribution in [3.05, 3.63) is 35.9 Å². The number of nitrogens with two attached hydrogens (primary N) is 1. The van der Waals surface area contributed by atoms with Crippen molar-refractivity contribution in [2.45, 2.75) is 25.4 Å². The number of hydrogen-bond donors (Lipinski definition) is 1. The second kappa shape index (κ2) is 7.36. The highest BCUT2D eigenvalue weighted by molar-refractivity contribution is 7.80. The first kappa shape index (κ1) is 14.9. The summed E-state index contributed by atoms with van der Waals surface area (Å²) in [5.74, 6) is 0.158. The summed E-state index contributed by atoms with van der Waals surface area (Å²) < 4.78 is 5.43. The van der Waals surface area contributed by atoms with Crippen LogP contribution in [0.15, 0.2) is 30.3 Å². The van der Waals surface area contributed by atoms with Crippen LogP contribution in [0.5, 0.6) is 0 Å². The summed E-state index contributed by atoms with van der Waals surface area (Å²) in [5, 5.41) is 0. The Morgan fingerprint density at radius 2 is 2.15 bits per heavy atom. The molecule has 1 unspecified atom stereocenters. The van der Waals surface area contributed by atoms with Crippen molar-refractivity contribution in [3.8, 4) is 0 Å². The lowest BCUT2D eigenvalue weighted by Gasteiger charge is -2.32. The third-order valence-corrected chi connectivity index (χ3v) is 3.70. The van der Waals surface area contributed by atoms with Crippen LogP contribution < -0.4 is 5.73 Å².